The summed E-state index contributed by atoms with van der Waals surface area (Å²) < 4.78 is 7.25. The first-order valence-corrected chi connectivity index (χ1v) is 10.1. The zero-order valence-electron chi connectivity index (χ0n) is 16.2. The monoisotopic (exact) mass is 439 g/mol. The normalized spacial score (nSPS) is 10.9. The Kier molecular flexibility index (Phi) is 5.93. The maximum atomic E-state index is 12.6. The third-order valence-electron chi connectivity index (χ3n) is 4.82. The molecule has 0 radical (unpaired) electrons. The van der Waals surface area contributed by atoms with Crippen LogP contribution in [-0.2, 0) is 13.1 Å². The number of amides is 1. The van der Waals surface area contributed by atoms with Crippen LogP contribution in [-0.4, -0.2) is 22.6 Å². The van der Waals surface area contributed by atoms with Crippen LogP contribution in [0.5, 0.6) is 5.75 Å². The van der Waals surface area contributed by atoms with Gasteiger partial charge >= 0.3 is 0 Å². The zero-order chi connectivity index (χ0) is 21.1. The summed E-state index contributed by atoms with van der Waals surface area (Å²) in [6.45, 7) is 0.789. The molecule has 0 saturated heterocycles. The number of rotatable bonds is 6. The number of fused-ring (bicyclic) bond motifs is 1. The molecule has 1 amide bonds. The molecule has 0 bridgehead atoms. The number of ether oxygens (including phenoxy) is 1. The van der Waals surface area contributed by atoms with Crippen LogP contribution < -0.4 is 10.1 Å². The smallest absolute Gasteiger partial charge is 0.251 e. The fraction of sp³-hybridized carbons (Fsp3) is 0.130. The van der Waals surface area contributed by atoms with E-state index in [-0.39, 0.29) is 12.5 Å². The number of nitrogens with one attached hydrogen (secondary N) is 1. The number of halogens is 2. The van der Waals surface area contributed by atoms with Gasteiger partial charge < -0.3 is 14.6 Å². The molecular formula is C23H19Cl2N3O2. The molecule has 0 aliphatic carbocycles. The van der Waals surface area contributed by atoms with E-state index in [1.165, 1.54) is 0 Å². The van der Waals surface area contributed by atoms with Gasteiger partial charge in [-0.25, -0.2) is 4.98 Å². The van der Waals surface area contributed by atoms with Gasteiger partial charge in [-0.15, -0.1) is 0 Å². The highest BCUT2D eigenvalue weighted by Crippen LogP contribution is 2.24. The molecule has 5 nitrogen and oxygen atoms in total. The van der Waals surface area contributed by atoms with E-state index in [1.54, 1.807) is 37.4 Å². The number of hydrogen-bond donors (Lipinski definition) is 1. The predicted molar refractivity (Wildman–Crippen MR) is 119 cm³/mol. The third-order valence-corrected chi connectivity index (χ3v) is 5.40. The van der Waals surface area contributed by atoms with Crippen molar-refractivity contribution < 1.29 is 9.53 Å². The largest absolute Gasteiger partial charge is 0.497 e. The number of hydrogen-bond acceptors (Lipinski definition) is 3. The van der Waals surface area contributed by atoms with Crippen molar-refractivity contribution in [2.45, 2.75) is 13.1 Å². The van der Waals surface area contributed by atoms with Gasteiger partial charge in [0.25, 0.3) is 5.91 Å². The second-order valence-electron chi connectivity index (χ2n) is 6.75. The van der Waals surface area contributed by atoms with Gasteiger partial charge in [0.2, 0.25) is 0 Å². The van der Waals surface area contributed by atoms with Crippen LogP contribution in [0.25, 0.3) is 11.0 Å². The second kappa shape index (κ2) is 8.78. The molecule has 3 aromatic carbocycles. The number of methoxy groups -OCH3 is 1. The quantitative estimate of drug-likeness (QED) is 0.441. The molecule has 0 aliphatic rings. The van der Waals surface area contributed by atoms with E-state index in [9.17, 15) is 4.79 Å². The highest BCUT2D eigenvalue weighted by Gasteiger charge is 2.14. The van der Waals surface area contributed by atoms with Crippen LogP contribution in [0.15, 0.2) is 66.7 Å². The minimum Gasteiger partial charge on any atom is -0.497 e. The van der Waals surface area contributed by atoms with Crippen molar-refractivity contribution in [1.29, 1.82) is 0 Å². The lowest BCUT2D eigenvalue weighted by Crippen LogP contribution is -2.25. The molecule has 1 aromatic heterocycles. The van der Waals surface area contributed by atoms with Gasteiger partial charge in [-0.1, -0.05) is 47.5 Å². The molecule has 7 heteroatoms. The van der Waals surface area contributed by atoms with Crippen molar-refractivity contribution in [1.82, 2.24) is 14.9 Å². The summed E-state index contributed by atoms with van der Waals surface area (Å²) in [4.78, 5) is 17.3. The van der Waals surface area contributed by atoms with Crippen LogP contribution in [0.3, 0.4) is 0 Å². The minimum atomic E-state index is -0.197. The fourth-order valence-electron chi connectivity index (χ4n) is 3.28. The van der Waals surface area contributed by atoms with E-state index in [2.05, 4.69) is 9.88 Å². The predicted octanol–water partition coefficient (Wildman–Crippen LogP) is 5.33. The van der Waals surface area contributed by atoms with Crippen LogP contribution in [0, 0.1) is 0 Å². The fourth-order valence-corrected chi connectivity index (χ4v) is 3.75. The highest BCUT2D eigenvalue weighted by molar-refractivity contribution is 6.35. The first-order chi connectivity index (χ1) is 14.5. The van der Waals surface area contributed by atoms with Gasteiger partial charge in [0.1, 0.15) is 11.6 Å². The summed E-state index contributed by atoms with van der Waals surface area (Å²) in [5.74, 6) is 1.17. The lowest BCUT2D eigenvalue weighted by atomic mass is 10.2. The van der Waals surface area contributed by atoms with E-state index in [0.29, 0.717) is 27.9 Å². The number of carbonyl (C=O) groups excluding carboxylic acids is 1. The van der Waals surface area contributed by atoms with Crippen LogP contribution in [0.2, 0.25) is 10.0 Å². The molecule has 4 aromatic rings. The van der Waals surface area contributed by atoms with Crippen molar-refractivity contribution in [3.8, 4) is 5.75 Å². The Bertz CT molecular complexity index is 1220. The van der Waals surface area contributed by atoms with Gasteiger partial charge in [-0.2, -0.15) is 0 Å². The first-order valence-electron chi connectivity index (χ1n) is 9.35. The summed E-state index contributed by atoms with van der Waals surface area (Å²) in [6, 6.07) is 20.3. The number of aromatic nitrogens is 2. The molecule has 0 fully saturated rings. The Morgan fingerprint density at radius 1 is 1.07 bits per heavy atom. The maximum absolute atomic E-state index is 12.6. The number of carbonyl (C=O) groups is 1. The topological polar surface area (TPSA) is 56.1 Å². The van der Waals surface area contributed by atoms with Crippen LogP contribution in [0.1, 0.15) is 21.7 Å². The van der Waals surface area contributed by atoms with E-state index in [0.717, 1.165) is 22.4 Å². The highest BCUT2D eigenvalue weighted by atomic mass is 35.5. The number of nitrogens with zero attached hydrogens (tertiary/aromatic N) is 2. The average molecular weight is 440 g/mol. The van der Waals surface area contributed by atoms with Gasteiger partial charge in [0.05, 0.1) is 31.2 Å². The molecule has 0 aliphatic heterocycles. The Hall–Kier alpha value is -3.02. The molecule has 30 heavy (non-hydrogen) atoms. The van der Waals surface area contributed by atoms with Gasteiger partial charge in [0, 0.05) is 15.6 Å². The lowest BCUT2D eigenvalue weighted by molar-refractivity contribution is 0.0949. The van der Waals surface area contributed by atoms with Crippen molar-refractivity contribution in [2.24, 2.45) is 0 Å². The molecule has 0 saturated carbocycles. The molecule has 152 valence electrons. The summed E-state index contributed by atoms with van der Waals surface area (Å²) in [5, 5.41) is 4.12. The average Bonchev–Trinajstić information content (AvgIpc) is 3.11. The van der Waals surface area contributed by atoms with Crippen molar-refractivity contribution >= 4 is 40.1 Å². The molecule has 0 spiro atoms. The van der Waals surface area contributed by atoms with E-state index in [1.807, 2.05) is 36.4 Å². The number of imidazole rings is 1. The summed E-state index contributed by atoms with van der Waals surface area (Å²) in [7, 11) is 1.57. The van der Waals surface area contributed by atoms with Gasteiger partial charge in [-0.05, 0) is 48.0 Å². The minimum absolute atomic E-state index is 0.197. The lowest BCUT2D eigenvalue weighted by Gasteiger charge is -2.12. The molecule has 0 unspecified atom stereocenters. The third kappa shape index (κ3) is 4.27. The van der Waals surface area contributed by atoms with Crippen molar-refractivity contribution in [3.05, 3.63) is 93.7 Å². The molecule has 1 N–H and O–H groups in total. The number of para-hydroxylation sites is 2. The number of benzene rings is 3. The Morgan fingerprint density at radius 2 is 1.90 bits per heavy atom. The summed E-state index contributed by atoms with van der Waals surface area (Å²) >= 11 is 12.4. The summed E-state index contributed by atoms with van der Waals surface area (Å²) in [6.07, 6.45) is 0. The first kappa shape index (κ1) is 20.3. The van der Waals surface area contributed by atoms with Crippen LogP contribution in [0.4, 0.5) is 0 Å². The second-order valence-corrected chi connectivity index (χ2v) is 7.60. The van der Waals surface area contributed by atoms with Crippen molar-refractivity contribution in [3.63, 3.8) is 0 Å². The molecule has 1 heterocycles. The maximum Gasteiger partial charge on any atom is 0.251 e. The standard InChI is InChI=1S/C23H19Cl2N3O2/c1-30-18-6-4-5-15(11-18)23(29)26-13-22-27-20-7-2-3-8-21(20)28(22)14-16-9-10-17(24)12-19(16)25/h2-12H,13-14H2,1H3,(H,26,29). The Balaban J connectivity index is 1.62. The van der Waals surface area contributed by atoms with Crippen LogP contribution >= 0.6 is 23.2 Å². The van der Waals surface area contributed by atoms with E-state index >= 15 is 0 Å². The van der Waals surface area contributed by atoms with E-state index < -0.39 is 0 Å². The Labute approximate surface area is 184 Å². The molecule has 0 atom stereocenters. The zero-order valence-corrected chi connectivity index (χ0v) is 17.7. The van der Waals surface area contributed by atoms with Crippen molar-refractivity contribution in [2.75, 3.05) is 7.11 Å². The Morgan fingerprint density at radius 3 is 2.70 bits per heavy atom. The van der Waals surface area contributed by atoms with Gasteiger partial charge in [-0.3, -0.25) is 4.79 Å². The van der Waals surface area contributed by atoms with Gasteiger partial charge in [0.15, 0.2) is 0 Å². The SMILES string of the molecule is COc1cccc(C(=O)NCc2nc3ccccc3n2Cc2ccc(Cl)cc2Cl)c1. The molecule has 4 rings (SSSR count). The summed E-state index contributed by atoms with van der Waals surface area (Å²) in [5.41, 5.74) is 3.27. The molecular weight excluding hydrogens is 421 g/mol. The van der Waals surface area contributed by atoms with E-state index in [4.69, 9.17) is 32.9 Å².